The van der Waals surface area contributed by atoms with Crippen molar-refractivity contribution in [2.75, 3.05) is 0 Å². The first-order valence-electron chi connectivity index (χ1n) is 5.53. The van der Waals surface area contributed by atoms with Crippen LogP contribution in [0.5, 0.6) is 0 Å². The lowest BCUT2D eigenvalue weighted by atomic mass is 9.96. The monoisotopic (exact) mass is 249 g/mol. The zero-order valence-electron chi connectivity index (χ0n) is 9.72. The molecule has 94 valence electrons. The molecule has 0 bridgehead atoms. The summed E-state index contributed by atoms with van der Waals surface area (Å²) >= 11 is 0. The molecule has 2 rings (SSSR count). The first kappa shape index (κ1) is 12.2. The first-order valence-corrected chi connectivity index (χ1v) is 5.53. The SMILES string of the molecule is CCC(c1ccc(F)cc1)c1nc(C(=O)O)n[nH]1. The maximum Gasteiger partial charge on any atom is 0.375 e. The Morgan fingerprint density at radius 2 is 2.11 bits per heavy atom. The summed E-state index contributed by atoms with van der Waals surface area (Å²) in [5.74, 6) is -1.39. The minimum atomic E-state index is -1.17. The summed E-state index contributed by atoms with van der Waals surface area (Å²) in [5, 5.41) is 15.0. The largest absolute Gasteiger partial charge is 0.475 e. The smallest absolute Gasteiger partial charge is 0.375 e. The number of aromatic amines is 1. The molecule has 1 heterocycles. The maximum absolute atomic E-state index is 12.9. The average molecular weight is 249 g/mol. The number of aromatic carboxylic acids is 1. The highest BCUT2D eigenvalue weighted by molar-refractivity contribution is 5.82. The van der Waals surface area contributed by atoms with Gasteiger partial charge in [0.15, 0.2) is 0 Å². The summed E-state index contributed by atoms with van der Waals surface area (Å²) in [6, 6.07) is 6.05. The maximum atomic E-state index is 12.9. The molecular formula is C12H12FN3O2. The quantitative estimate of drug-likeness (QED) is 0.870. The van der Waals surface area contributed by atoms with Gasteiger partial charge in [-0.15, -0.1) is 5.10 Å². The second-order valence-electron chi connectivity index (χ2n) is 3.86. The van der Waals surface area contributed by atoms with Gasteiger partial charge in [0.2, 0.25) is 0 Å². The van der Waals surface area contributed by atoms with Gasteiger partial charge in [-0.2, -0.15) is 0 Å². The second kappa shape index (κ2) is 4.95. The van der Waals surface area contributed by atoms with Crippen molar-refractivity contribution in [2.45, 2.75) is 19.3 Å². The van der Waals surface area contributed by atoms with Crippen LogP contribution in [0.3, 0.4) is 0 Å². The Bertz CT molecular complexity index is 551. The fourth-order valence-corrected chi connectivity index (χ4v) is 1.81. The van der Waals surface area contributed by atoms with Gasteiger partial charge in [0.1, 0.15) is 11.6 Å². The van der Waals surface area contributed by atoms with E-state index in [0.29, 0.717) is 12.2 Å². The Labute approximate surface area is 103 Å². The lowest BCUT2D eigenvalue weighted by molar-refractivity contribution is 0.0684. The number of nitrogens with zero attached hydrogens (tertiary/aromatic N) is 2. The molecule has 1 aromatic carbocycles. The highest BCUT2D eigenvalue weighted by atomic mass is 19.1. The third-order valence-electron chi connectivity index (χ3n) is 2.70. The number of carbonyl (C=O) groups is 1. The minimum Gasteiger partial charge on any atom is -0.475 e. The van der Waals surface area contributed by atoms with E-state index in [9.17, 15) is 9.18 Å². The number of nitrogens with one attached hydrogen (secondary N) is 1. The molecule has 0 saturated carbocycles. The van der Waals surface area contributed by atoms with Crippen LogP contribution in [-0.2, 0) is 0 Å². The number of rotatable bonds is 4. The summed E-state index contributed by atoms with van der Waals surface area (Å²) in [4.78, 5) is 14.6. The molecule has 0 aliphatic carbocycles. The van der Waals surface area contributed by atoms with Gasteiger partial charge in [-0.3, -0.25) is 5.10 Å². The predicted molar refractivity (Wildman–Crippen MR) is 61.9 cm³/mol. The Morgan fingerprint density at radius 3 is 2.61 bits per heavy atom. The lowest BCUT2D eigenvalue weighted by Gasteiger charge is -2.11. The molecule has 0 aliphatic rings. The van der Waals surface area contributed by atoms with E-state index in [2.05, 4.69) is 15.2 Å². The number of H-pyrrole nitrogens is 1. The number of hydrogen-bond acceptors (Lipinski definition) is 3. The number of halogens is 1. The van der Waals surface area contributed by atoms with E-state index in [-0.39, 0.29) is 17.6 Å². The van der Waals surface area contributed by atoms with Crippen LogP contribution in [0.1, 0.15) is 41.3 Å². The summed E-state index contributed by atoms with van der Waals surface area (Å²) in [6.45, 7) is 1.94. The van der Waals surface area contributed by atoms with Crippen LogP contribution in [-0.4, -0.2) is 26.3 Å². The molecule has 5 nitrogen and oxygen atoms in total. The molecule has 0 aliphatic heterocycles. The molecule has 0 amide bonds. The van der Waals surface area contributed by atoms with Crippen LogP contribution in [0.2, 0.25) is 0 Å². The van der Waals surface area contributed by atoms with Crippen molar-refractivity contribution < 1.29 is 14.3 Å². The van der Waals surface area contributed by atoms with Gasteiger partial charge in [-0.25, -0.2) is 14.2 Å². The Hall–Kier alpha value is -2.24. The molecule has 0 radical (unpaired) electrons. The van der Waals surface area contributed by atoms with Crippen LogP contribution in [0.15, 0.2) is 24.3 Å². The van der Waals surface area contributed by atoms with Crippen LogP contribution in [0.25, 0.3) is 0 Å². The first-order chi connectivity index (χ1) is 8.61. The van der Waals surface area contributed by atoms with E-state index in [4.69, 9.17) is 5.11 Å². The van der Waals surface area contributed by atoms with Gasteiger partial charge in [0.05, 0.1) is 0 Å². The highest BCUT2D eigenvalue weighted by Gasteiger charge is 2.18. The number of aromatic nitrogens is 3. The average Bonchev–Trinajstić information content (AvgIpc) is 2.82. The van der Waals surface area contributed by atoms with Crippen molar-refractivity contribution >= 4 is 5.97 Å². The summed E-state index contributed by atoms with van der Waals surface area (Å²) in [6.07, 6.45) is 0.708. The van der Waals surface area contributed by atoms with Crippen LogP contribution in [0.4, 0.5) is 4.39 Å². The van der Waals surface area contributed by atoms with E-state index in [1.807, 2.05) is 6.92 Å². The molecule has 2 N–H and O–H groups in total. The predicted octanol–water partition coefficient (Wildman–Crippen LogP) is 2.18. The van der Waals surface area contributed by atoms with E-state index >= 15 is 0 Å². The highest BCUT2D eigenvalue weighted by Crippen LogP contribution is 2.25. The molecule has 0 saturated heterocycles. The molecule has 1 atom stereocenters. The van der Waals surface area contributed by atoms with Crippen molar-refractivity contribution in [2.24, 2.45) is 0 Å². The molecule has 0 spiro atoms. The number of hydrogen-bond donors (Lipinski definition) is 2. The topological polar surface area (TPSA) is 78.9 Å². The van der Waals surface area contributed by atoms with Gasteiger partial charge in [0, 0.05) is 5.92 Å². The standard InChI is InChI=1S/C12H12FN3O2/c1-2-9(7-3-5-8(13)6-4-7)10-14-11(12(17)18)16-15-10/h3-6,9H,2H2,1H3,(H,17,18)(H,14,15,16). The summed E-state index contributed by atoms with van der Waals surface area (Å²) < 4.78 is 12.9. The van der Waals surface area contributed by atoms with E-state index in [0.717, 1.165) is 5.56 Å². The Kier molecular flexibility index (Phi) is 3.36. The molecule has 2 aromatic rings. The van der Waals surface area contributed by atoms with Crippen molar-refractivity contribution in [3.05, 3.63) is 47.3 Å². The van der Waals surface area contributed by atoms with Crippen LogP contribution < -0.4 is 0 Å². The van der Waals surface area contributed by atoms with Crippen molar-refractivity contribution in [1.29, 1.82) is 0 Å². The van der Waals surface area contributed by atoms with Gasteiger partial charge < -0.3 is 5.11 Å². The lowest BCUT2D eigenvalue weighted by Crippen LogP contribution is -2.03. The fraction of sp³-hybridized carbons (Fsp3) is 0.250. The van der Waals surface area contributed by atoms with E-state index in [1.54, 1.807) is 12.1 Å². The Morgan fingerprint density at radius 1 is 1.44 bits per heavy atom. The van der Waals surface area contributed by atoms with Crippen molar-refractivity contribution in [3.63, 3.8) is 0 Å². The van der Waals surface area contributed by atoms with E-state index < -0.39 is 5.97 Å². The van der Waals surface area contributed by atoms with Crippen molar-refractivity contribution in [3.8, 4) is 0 Å². The van der Waals surface area contributed by atoms with Crippen LogP contribution in [0, 0.1) is 5.82 Å². The van der Waals surface area contributed by atoms with Gasteiger partial charge in [-0.05, 0) is 24.1 Å². The molecule has 18 heavy (non-hydrogen) atoms. The number of carboxylic acid groups (broad SMARTS) is 1. The summed E-state index contributed by atoms with van der Waals surface area (Å²) in [7, 11) is 0. The van der Waals surface area contributed by atoms with Gasteiger partial charge >= 0.3 is 5.97 Å². The minimum absolute atomic E-state index is 0.119. The van der Waals surface area contributed by atoms with E-state index in [1.165, 1.54) is 12.1 Å². The normalized spacial score (nSPS) is 12.3. The van der Waals surface area contributed by atoms with Gasteiger partial charge in [0.25, 0.3) is 5.82 Å². The third kappa shape index (κ3) is 2.37. The Balaban J connectivity index is 2.32. The molecule has 1 unspecified atom stereocenters. The molecule has 6 heteroatoms. The molecule has 0 fully saturated rings. The molecular weight excluding hydrogens is 237 g/mol. The second-order valence-corrected chi connectivity index (χ2v) is 3.86. The summed E-state index contributed by atoms with van der Waals surface area (Å²) in [5.41, 5.74) is 0.868. The molecule has 1 aromatic heterocycles. The zero-order chi connectivity index (χ0) is 13.1. The van der Waals surface area contributed by atoms with Crippen molar-refractivity contribution in [1.82, 2.24) is 15.2 Å². The fourth-order valence-electron chi connectivity index (χ4n) is 1.81. The van der Waals surface area contributed by atoms with Gasteiger partial charge in [-0.1, -0.05) is 19.1 Å². The number of carboxylic acids is 1. The third-order valence-corrected chi connectivity index (χ3v) is 2.70. The van der Waals surface area contributed by atoms with Crippen LogP contribution >= 0.6 is 0 Å². The zero-order valence-corrected chi connectivity index (χ0v) is 9.72. The number of benzene rings is 1.